The fourth-order valence-electron chi connectivity index (χ4n) is 8.46. The van der Waals surface area contributed by atoms with Gasteiger partial charge < -0.3 is 16.0 Å². The number of hydrogen-bond donors (Lipinski definition) is 6. The van der Waals surface area contributed by atoms with Gasteiger partial charge in [-0.1, -0.05) is 36.4 Å². The van der Waals surface area contributed by atoms with Crippen LogP contribution in [0.25, 0.3) is 0 Å². The van der Waals surface area contributed by atoms with Crippen molar-refractivity contribution < 1.29 is 66.0 Å². The molecule has 3 fully saturated rings. The van der Waals surface area contributed by atoms with Crippen molar-refractivity contribution in [3.05, 3.63) is 192 Å². The van der Waals surface area contributed by atoms with Gasteiger partial charge in [0.25, 0.3) is 30.6 Å². The molecule has 6 aromatic rings. The van der Waals surface area contributed by atoms with Gasteiger partial charge in [-0.25, -0.2) is 26.3 Å². The van der Waals surface area contributed by atoms with Gasteiger partial charge in [-0.2, -0.15) is 52.3 Å². The minimum atomic E-state index is -3.91. The Bertz CT molecular complexity index is 3290. The summed E-state index contributed by atoms with van der Waals surface area (Å²) < 4.78 is 165. The Labute approximate surface area is 488 Å². The van der Waals surface area contributed by atoms with E-state index >= 15 is 0 Å². The summed E-state index contributed by atoms with van der Waals surface area (Å²) in [6.07, 6.45) is 0.445. The van der Waals surface area contributed by atoms with Gasteiger partial charge in [0, 0.05) is 56.3 Å². The highest BCUT2D eigenvalue weighted by Crippen LogP contribution is 2.33. The third-order valence-corrected chi connectivity index (χ3v) is 19.6. The summed E-state index contributed by atoms with van der Waals surface area (Å²) in [5.41, 5.74) is 2.64. The first-order chi connectivity index (χ1) is 38.0. The van der Waals surface area contributed by atoms with E-state index in [0.717, 1.165) is 12.9 Å². The highest BCUT2D eigenvalue weighted by atomic mass is 79.9. The average Bonchev–Trinajstić information content (AvgIpc) is 3.41. The number of rotatable bonds is 9. The van der Waals surface area contributed by atoms with Gasteiger partial charge in [0.1, 0.15) is 53.0 Å². The monoisotopic (exact) mass is 1380 g/mol. The molecular weight excluding hydrogens is 1330 g/mol. The van der Waals surface area contributed by atoms with Crippen molar-refractivity contribution in [3.8, 4) is 0 Å². The summed E-state index contributed by atoms with van der Waals surface area (Å²) >= 11 is 9.10. The van der Waals surface area contributed by atoms with Crippen LogP contribution in [0.2, 0.25) is 0 Å². The first-order valence-electron chi connectivity index (χ1n) is 23.8. The zero-order chi connectivity index (χ0) is 59.3. The van der Waals surface area contributed by atoms with Gasteiger partial charge in [0.15, 0.2) is 0 Å². The molecule has 6 atom stereocenters. The molecule has 3 heterocycles. The maximum atomic E-state index is 13.3. The number of amides is 3. The van der Waals surface area contributed by atoms with Gasteiger partial charge >= 0.3 is 0 Å². The van der Waals surface area contributed by atoms with Crippen molar-refractivity contribution in [1.82, 2.24) is 27.1 Å². The molecule has 0 saturated carbocycles. The molecule has 0 aliphatic carbocycles. The van der Waals surface area contributed by atoms with E-state index in [-0.39, 0.29) is 32.7 Å². The Morgan fingerprint density at radius 2 is 0.630 bits per heavy atom. The number of hydrogen-bond acceptors (Lipinski definition) is 9. The molecule has 0 bridgehead atoms. The number of nitrogens with zero attached hydrogens (tertiary/aromatic N) is 3. The van der Waals surface area contributed by atoms with Crippen LogP contribution >= 0.6 is 47.8 Å². The minimum Gasteiger partial charge on any atom is -0.325 e. The molecule has 6 N–H and O–H groups in total. The van der Waals surface area contributed by atoms with E-state index in [2.05, 4.69) is 77.9 Å². The van der Waals surface area contributed by atoms with Crippen LogP contribution in [0.5, 0.6) is 0 Å². The number of carbonyl (C=O) groups excluding carboxylic acids is 3. The first-order valence-corrected chi connectivity index (χ1v) is 30.5. The predicted molar refractivity (Wildman–Crippen MR) is 300 cm³/mol. The molecule has 3 amide bonds. The van der Waals surface area contributed by atoms with Crippen LogP contribution in [0.15, 0.2) is 141 Å². The molecule has 0 radical (unpaired) electrons. The topological polar surface area (TPSA) is 236 Å². The van der Waals surface area contributed by atoms with E-state index in [9.17, 15) is 66.0 Å². The maximum Gasteiger partial charge on any atom is 0.280 e. The molecule has 9 rings (SSSR count). The Hall–Kier alpha value is -5.64. The Balaban J connectivity index is 0.000000175. The summed E-state index contributed by atoms with van der Waals surface area (Å²) in [4.78, 5) is 38.0. The van der Waals surface area contributed by atoms with Crippen LogP contribution in [0.3, 0.4) is 0 Å². The highest BCUT2D eigenvalue weighted by Gasteiger charge is 2.43. The SMILES string of the molecule is CN1C(C(=O)Nc2ccc(F)c(Br)c2)CC(c2ccc(F)cc2)NS1(=O)=O.CN1[C@@H](C(=O)Nc2ccc(F)c(Br)c2)C[C@@H](c2ccc(F)cc2)NS1(=O)=O.CN1[C@H](C(=O)Nc2ccc(F)c(Br)c2)C[C@H](c2ccc(F)cc2)NS1(=O)=O. The highest BCUT2D eigenvalue weighted by molar-refractivity contribution is 9.11. The molecular formula is C51H48Br3F6N9O9S3. The third kappa shape index (κ3) is 15.9. The largest absolute Gasteiger partial charge is 0.325 e. The van der Waals surface area contributed by atoms with Crippen molar-refractivity contribution in [2.24, 2.45) is 0 Å². The molecule has 0 spiro atoms. The number of nitrogens with one attached hydrogen (secondary N) is 6. The molecule has 3 aliphatic rings. The molecule has 18 nitrogen and oxygen atoms in total. The summed E-state index contributed by atoms with van der Waals surface area (Å²) in [6, 6.07) is 23.1. The van der Waals surface area contributed by atoms with E-state index < -0.39 is 120 Å². The van der Waals surface area contributed by atoms with E-state index in [0.29, 0.717) is 33.8 Å². The normalized spacial score (nSPS) is 22.4. The molecule has 3 aliphatic heterocycles. The zero-order valence-electron chi connectivity index (χ0n) is 42.4. The van der Waals surface area contributed by atoms with Gasteiger partial charge in [-0.05, 0) is 175 Å². The Kier molecular flexibility index (Phi) is 20.4. The average molecular weight is 1380 g/mol. The van der Waals surface area contributed by atoms with Crippen molar-refractivity contribution in [3.63, 3.8) is 0 Å². The Morgan fingerprint density at radius 1 is 0.407 bits per heavy atom. The number of carbonyl (C=O) groups is 3. The minimum absolute atomic E-state index is 0.148. The quantitative estimate of drug-likeness (QED) is 0.0758. The summed E-state index contributed by atoms with van der Waals surface area (Å²) in [7, 11) is -7.83. The molecule has 0 aromatic heterocycles. The molecule has 3 saturated heterocycles. The number of halogens is 9. The first kappa shape index (κ1) is 63.0. The summed E-state index contributed by atoms with van der Waals surface area (Å²) in [6.45, 7) is 0. The van der Waals surface area contributed by atoms with Crippen LogP contribution in [-0.2, 0) is 45.0 Å². The van der Waals surface area contributed by atoms with Gasteiger partial charge in [0.05, 0.1) is 13.4 Å². The molecule has 30 heteroatoms. The van der Waals surface area contributed by atoms with Gasteiger partial charge in [-0.3, -0.25) is 14.4 Å². The van der Waals surface area contributed by atoms with Crippen LogP contribution in [0.4, 0.5) is 43.4 Å². The summed E-state index contributed by atoms with van der Waals surface area (Å²) in [5, 5.41) is 7.80. The lowest BCUT2D eigenvalue weighted by Gasteiger charge is -2.36. The van der Waals surface area contributed by atoms with Gasteiger partial charge in [-0.15, -0.1) is 0 Å². The Morgan fingerprint density at radius 3 is 0.840 bits per heavy atom. The standard InChI is InChI=1S/3C17H16BrF2N3O3S/c3*1-23-16(17(24)21-12-6-7-14(20)13(18)8-12)9-15(22-27(23,25)26)10-2-4-11(19)5-3-10/h3*2-8,15-16,22H,9H2,1H3,(H,21,24)/t2*15-,16+;/m10./s1. The lowest BCUT2D eigenvalue weighted by Crippen LogP contribution is -2.55. The van der Waals surface area contributed by atoms with E-state index in [4.69, 9.17) is 0 Å². The predicted octanol–water partition coefficient (Wildman–Crippen LogP) is 8.84. The van der Waals surface area contributed by atoms with E-state index in [1.54, 1.807) is 0 Å². The fourth-order valence-corrected chi connectivity index (χ4v) is 13.4. The molecule has 6 aromatic carbocycles. The third-order valence-electron chi connectivity index (χ3n) is 13.0. The van der Waals surface area contributed by atoms with E-state index in [1.807, 2.05) is 0 Å². The smallest absolute Gasteiger partial charge is 0.280 e. The second-order valence-electron chi connectivity index (χ2n) is 18.3. The van der Waals surface area contributed by atoms with Crippen LogP contribution in [0.1, 0.15) is 54.1 Å². The van der Waals surface area contributed by atoms with Crippen molar-refractivity contribution in [1.29, 1.82) is 0 Å². The maximum absolute atomic E-state index is 13.3. The second-order valence-corrected chi connectivity index (χ2v) is 26.2. The van der Waals surface area contributed by atoms with Crippen molar-refractivity contribution in [2.45, 2.75) is 55.5 Å². The van der Waals surface area contributed by atoms with Crippen molar-refractivity contribution in [2.75, 3.05) is 37.1 Å². The number of benzene rings is 6. The second kappa shape index (κ2) is 26.3. The van der Waals surface area contributed by atoms with Gasteiger partial charge in [0.2, 0.25) is 17.7 Å². The van der Waals surface area contributed by atoms with Crippen LogP contribution < -0.4 is 30.1 Å². The van der Waals surface area contributed by atoms with Crippen LogP contribution in [-0.4, -0.2) is 95.2 Å². The lowest BCUT2D eigenvalue weighted by atomic mass is 9.99. The zero-order valence-corrected chi connectivity index (χ0v) is 49.6. The number of anilines is 3. The van der Waals surface area contributed by atoms with Crippen molar-refractivity contribution >= 4 is 113 Å². The molecule has 81 heavy (non-hydrogen) atoms. The summed E-state index contributed by atoms with van der Waals surface area (Å²) in [5.74, 6) is -4.40. The van der Waals surface area contributed by atoms with Crippen LogP contribution in [0, 0.1) is 34.9 Å². The van der Waals surface area contributed by atoms with E-state index in [1.165, 1.54) is 149 Å². The fraction of sp³-hybridized carbons (Fsp3) is 0.235. The molecule has 432 valence electrons. The number of likely N-dealkylation sites (N-methyl/N-ethyl adjacent to an activating group) is 3. The lowest BCUT2D eigenvalue weighted by molar-refractivity contribution is -0.120. The molecule has 2 unspecified atom stereocenters.